The molecule has 0 aliphatic carbocycles. The fourth-order valence-corrected chi connectivity index (χ4v) is 3.41. The van der Waals surface area contributed by atoms with Crippen LogP contribution in [0.25, 0.3) is 10.8 Å². The van der Waals surface area contributed by atoms with E-state index in [1.807, 2.05) is 70.2 Å². The smallest absolute Gasteiger partial charge is 0.199 e. The van der Waals surface area contributed by atoms with Crippen molar-refractivity contribution >= 4 is 22.2 Å². The Balaban J connectivity index is 2.06. The molecular weight excluding hydrogens is 338 g/mol. The van der Waals surface area contributed by atoms with E-state index in [4.69, 9.17) is 4.74 Å². The van der Waals surface area contributed by atoms with E-state index in [0.717, 1.165) is 5.39 Å². The van der Waals surface area contributed by atoms with Crippen molar-refractivity contribution < 1.29 is 14.6 Å². The molecule has 1 aliphatic heterocycles. The van der Waals surface area contributed by atoms with Gasteiger partial charge in [-0.25, -0.2) is 0 Å². The third-order valence-electron chi connectivity index (χ3n) is 5.70. The van der Waals surface area contributed by atoms with Crippen LogP contribution in [-0.4, -0.2) is 22.0 Å². The number of phenolic OH excluding ortho intramolecular Hbond substituents is 1. The van der Waals surface area contributed by atoms with Gasteiger partial charge >= 0.3 is 0 Å². The van der Waals surface area contributed by atoms with Crippen LogP contribution in [0.5, 0.6) is 11.5 Å². The molecule has 0 radical (unpaired) electrons. The van der Waals surface area contributed by atoms with Crippen LogP contribution in [0.15, 0.2) is 54.6 Å². The van der Waals surface area contributed by atoms with Gasteiger partial charge in [0.05, 0.1) is 16.8 Å². The lowest BCUT2D eigenvalue weighted by molar-refractivity contribution is 0.0423. The number of hydrogen-bond donors (Lipinski definition) is 2. The van der Waals surface area contributed by atoms with Crippen molar-refractivity contribution in [1.29, 1.82) is 0 Å². The molecule has 1 heterocycles. The lowest BCUT2D eigenvalue weighted by Crippen LogP contribution is -2.57. The van der Waals surface area contributed by atoms with Crippen LogP contribution in [0.3, 0.4) is 0 Å². The maximum atomic E-state index is 13.3. The van der Waals surface area contributed by atoms with Gasteiger partial charge in [-0.05, 0) is 27.7 Å². The number of nitrogens with one attached hydrogen (secondary N) is 1. The summed E-state index contributed by atoms with van der Waals surface area (Å²) in [6.07, 6.45) is 0. The molecule has 2 N–H and O–H groups in total. The molecule has 0 saturated heterocycles. The monoisotopic (exact) mass is 361 g/mol. The van der Waals surface area contributed by atoms with Gasteiger partial charge in [-0.2, -0.15) is 0 Å². The van der Waals surface area contributed by atoms with Gasteiger partial charge < -0.3 is 15.2 Å². The molecule has 0 unspecified atom stereocenters. The molecule has 3 aromatic carbocycles. The van der Waals surface area contributed by atoms with Crippen molar-refractivity contribution in [2.45, 2.75) is 38.8 Å². The largest absolute Gasteiger partial charge is 0.506 e. The van der Waals surface area contributed by atoms with Gasteiger partial charge in [0.2, 0.25) is 0 Å². The molecule has 0 atom stereocenters. The number of rotatable bonds is 2. The molecule has 3 aromatic rings. The van der Waals surface area contributed by atoms with Crippen LogP contribution < -0.4 is 10.1 Å². The second kappa shape index (κ2) is 5.74. The number of anilines is 1. The van der Waals surface area contributed by atoms with Crippen molar-refractivity contribution in [2.75, 3.05) is 5.32 Å². The zero-order valence-corrected chi connectivity index (χ0v) is 16.0. The number of benzene rings is 3. The average Bonchev–Trinajstić information content (AvgIpc) is 2.64. The van der Waals surface area contributed by atoms with Crippen LogP contribution in [0.2, 0.25) is 0 Å². The number of ketones is 1. The standard InChI is InChI=1S/C23H23NO3/c1-22(2)23(3,4)27-21-16-13-9-8-12-15(16)20(26)17(18(21)24-22)19(25)14-10-6-5-7-11-14/h5-13,24,26H,1-4H3. The van der Waals surface area contributed by atoms with Crippen molar-refractivity contribution in [3.63, 3.8) is 0 Å². The Morgan fingerprint density at radius 3 is 2.19 bits per heavy atom. The van der Waals surface area contributed by atoms with Gasteiger partial charge in [0, 0.05) is 16.3 Å². The highest BCUT2D eigenvalue weighted by Crippen LogP contribution is 2.51. The molecular formula is C23H23NO3. The zero-order chi connectivity index (χ0) is 19.4. The second-order valence-corrected chi connectivity index (χ2v) is 8.03. The van der Waals surface area contributed by atoms with Crippen LogP contribution in [0.4, 0.5) is 5.69 Å². The second-order valence-electron chi connectivity index (χ2n) is 8.03. The van der Waals surface area contributed by atoms with Gasteiger partial charge in [-0.3, -0.25) is 4.79 Å². The lowest BCUT2D eigenvalue weighted by atomic mass is 9.82. The average molecular weight is 361 g/mol. The third-order valence-corrected chi connectivity index (χ3v) is 5.70. The van der Waals surface area contributed by atoms with Gasteiger partial charge in [-0.15, -0.1) is 0 Å². The van der Waals surface area contributed by atoms with E-state index in [2.05, 4.69) is 5.32 Å². The summed E-state index contributed by atoms with van der Waals surface area (Å²) in [7, 11) is 0. The number of aromatic hydroxyl groups is 1. The number of phenols is 1. The topological polar surface area (TPSA) is 58.6 Å². The van der Waals surface area contributed by atoms with Crippen molar-refractivity contribution in [2.24, 2.45) is 0 Å². The number of carbonyl (C=O) groups is 1. The summed E-state index contributed by atoms with van der Waals surface area (Å²) < 4.78 is 6.40. The first-order valence-corrected chi connectivity index (χ1v) is 9.07. The highest BCUT2D eigenvalue weighted by molar-refractivity contribution is 6.19. The van der Waals surface area contributed by atoms with Crippen molar-refractivity contribution in [3.05, 3.63) is 65.7 Å². The van der Waals surface area contributed by atoms with E-state index < -0.39 is 11.1 Å². The Labute approximate surface area is 158 Å². The number of carbonyl (C=O) groups excluding carboxylic acids is 1. The molecule has 1 aliphatic rings. The molecule has 138 valence electrons. The molecule has 0 amide bonds. The Hall–Kier alpha value is -3.01. The summed E-state index contributed by atoms with van der Waals surface area (Å²) in [6, 6.07) is 16.4. The van der Waals surface area contributed by atoms with Gasteiger partial charge in [0.25, 0.3) is 0 Å². The first kappa shape index (κ1) is 17.4. The number of fused-ring (bicyclic) bond motifs is 3. The maximum Gasteiger partial charge on any atom is 0.199 e. The molecule has 4 rings (SSSR count). The van der Waals surface area contributed by atoms with Crippen molar-refractivity contribution in [3.8, 4) is 11.5 Å². The minimum Gasteiger partial charge on any atom is -0.506 e. The summed E-state index contributed by atoms with van der Waals surface area (Å²) >= 11 is 0. The van der Waals surface area contributed by atoms with Crippen LogP contribution >= 0.6 is 0 Å². The summed E-state index contributed by atoms with van der Waals surface area (Å²) in [6.45, 7) is 8.09. The molecule has 0 bridgehead atoms. The SMILES string of the molecule is CC1(C)Nc2c(C(=O)c3ccccc3)c(O)c3ccccc3c2OC1(C)C. The fourth-order valence-electron chi connectivity index (χ4n) is 3.41. The van der Waals surface area contributed by atoms with E-state index in [9.17, 15) is 9.90 Å². The minimum atomic E-state index is -0.507. The first-order valence-electron chi connectivity index (χ1n) is 9.07. The third kappa shape index (κ3) is 2.55. The Morgan fingerprint density at radius 2 is 1.52 bits per heavy atom. The molecule has 27 heavy (non-hydrogen) atoms. The van der Waals surface area contributed by atoms with E-state index in [0.29, 0.717) is 22.4 Å². The number of ether oxygens (including phenoxy) is 1. The minimum absolute atomic E-state index is 0.0233. The highest BCUT2D eigenvalue weighted by Gasteiger charge is 2.45. The Kier molecular flexibility index (Phi) is 3.70. The Morgan fingerprint density at radius 1 is 0.926 bits per heavy atom. The zero-order valence-electron chi connectivity index (χ0n) is 16.0. The molecule has 4 heteroatoms. The summed E-state index contributed by atoms with van der Waals surface area (Å²) in [5.74, 6) is 0.346. The predicted molar refractivity (Wildman–Crippen MR) is 108 cm³/mol. The van der Waals surface area contributed by atoms with Crippen molar-refractivity contribution in [1.82, 2.24) is 0 Å². The van der Waals surface area contributed by atoms with Crippen LogP contribution in [0.1, 0.15) is 43.6 Å². The summed E-state index contributed by atoms with van der Waals surface area (Å²) in [5.41, 5.74) is 0.366. The lowest BCUT2D eigenvalue weighted by Gasteiger charge is -2.48. The first-order chi connectivity index (χ1) is 12.7. The van der Waals surface area contributed by atoms with E-state index in [1.54, 1.807) is 12.1 Å². The molecule has 0 saturated carbocycles. The number of hydrogen-bond acceptors (Lipinski definition) is 4. The summed E-state index contributed by atoms with van der Waals surface area (Å²) in [4.78, 5) is 13.3. The normalized spacial score (nSPS) is 16.9. The van der Waals surface area contributed by atoms with E-state index in [1.165, 1.54) is 0 Å². The molecule has 0 aromatic heterocycles. The van der Waals surface area contributed by atoms with Gasteiger partial charge in [0.1, 0.15) is 11.4 Å². The Bertz CT molecular complexity index is 1050. The molecule has 0 spiro atoms. The quantitative estimate of drug-likeness (QED) is 0.621. The van der Waals surface area contributed by atoms with E-state index in [-0.39, 0.29) is 17.1 Å². The molecule has 4 nitrogen and oxygen atoms in total. The van der Waals surface area contributed by atoms with Gasteiger partial charge in [-0.1, -0.05) is 54.6 Å². The molecule has 0 fully saturated rings. The maximum absolute atomic E-state index is 13.3. The van der Waals surface area contributed by atoms with Gasteiger partial charge in [0.15, 0.2) is 11.5 Å². The predicted octanol–water partition coefficient (Wildman–Crippen LogP) is 5.14. The van der Waals surface area contributed by atoms with Crippen LogP contribution in [0, 0.1) is 0 Å². The van der Waals surface area contributed by atoms with E-state index >= 15 is 0 Å². The van der Waals surface area contributed by atoms with Crippen LogP contribution in [-0.2, 0) is 0 Å². The fraction of sp³-hybridized carbons (Fsp3) is 0.261. The summed E-state index contributed by atoms with van der Waals surface area (Å²) in [5, 5.41) is 15.9. The highest BCUT2D eigenvalue weighted by atomic mass is 16.5.